The van der Waals surface area contributed by atoms with Gasteiger partial charge in [0, 0.05) is 22.9 Å². The molecule has 6 nitrogen and oxygen atoms in total. The minimum atomic E-state index is -0.797. The standard InChI is InChI=1S/C26H24N2O4/c1-31-28-26(24-16-20-6-2-3-8-23(20)27-24)21-7-4-5-19(15-21)17-32-22-12-9-18(10-13-22)11-14-25(29)30/h2-10,12-13,15-16,27H,11,14,17H2,1H3,(H,29,30)/b28-26+. The van der Waals surface area contributed by atoms with E-state index in [1.54, 1.807) is 0 Å². The molecule has 0 bridgehead atoms. The van der Waals surface area contributed by atoms with Crippen LogP contribution in [0.5, 0.6) is 5.75 Å². The summed E-state index contributed by atoms with van der Waals surface area (Å²) in [6, 6.07) is 25.6. The van der Waals surface area contributed by atoms with Gasteiger partial charge in [-0.1, -0.05) is 53.7 Å². The molecule has 0 saturated carbocycles. The first kappa shape index (κ1) is 21.2. The van der Waals surface area contributed by atoms with Gasteiger partial charge in [-0.25, -0.2) is 0 Å². The van der Waals surface area contributed by atoms with Gasteiger partial charge in [-0.05, 0) is 47.9 Å². The van der Waals surface area contributed by atoms with E-state index in [4.69, 9.17) is 14.7 Å². The van der Waals surface area contributed by atoms with Crippen molar-refractivity contribution in [3.05, 3.63) is 101 Å². The van der Waals surface area contributed by atoms with Crippen LogP contribution in [0.3, 0.4) is 0 Å². The van der Waals surface area contributed by atoms with Crippen LogP contribution in [0.2, 0.25) is 0 Å². The molecule has 32 heavy (non-hydrogen) atoms. The molecule has 0 radical (unpaired) electrons. The molecule has 4 aromatic rings. The molecule has 162 valence electrons. The van der Waals surface area contributed by atoms with Gasteiger partial charge < -0.3 is 19.7 Å². The number of carbonyl (C=O) groups is 1. The molecule has 0 amide bonds. The molecule has 3 aromatic carbocycles. The predicted molar refractivity (Wildman–Crippen MR) is 124 cm³/mol. The lowest BCUT2D eigenvalue weighted by molar-refractivity contribution is -0.136. The number of aromatic nitrogens is 1. The summed E-state index contributed by atoms with van der Waals surface area (Å²) in [5.41, 5.74) is 5.52. The Hall–Kier alpha value is -4.06. The van der Waals surface area contributed by atoms with Gasteiger partial charge in [0.1, 0.15) is 25.2 Å². The molecule has 4 rings (SSSR count). The van der Waals surface area contributed by atoms with Crippen molar-refractivity contribution >= 4 is 22.6 Å². The SMILES string of the molecule is CO/N=C(\c1cccc(COc2ccc(CCC(=O)O)cc2)c1)c1cc2ccccc2[nH]1. The fourth-order valence-corrected chi connectivity index (χ4v) is 3.53. The van der Waals surface area contributed by atoms with Gasteiger partial charge in [0.05, 0.1) is 5.69 Å². The quantitative estimate of drug-likeness (QED) is 0.285. The van der Waals surface area contributed by atoms with Crippen LogP contribution in [0.15, 0.2) is 84.0 Å². The van der Waals surface area contributed by atoms with Crippen LogP contribution in [-0.2, 0) is 22.7 Å². The highest BCUT2D eigenvalue weighted by Crippen LogP contribution is 2.20. The van der Waals surface area contributed by atoms with E-state index in [0.717, 1.165) is 39.0 Å². The van der Waals surface area contributed by atoms with Gasteiger partial charge in [-0.2, -0.15) is 0 Å². The van der Waals surface area contributed by atoms with Gasteiger partial charge in [0.15, 0.2) is 0 Å². The van der Waals surface area contributed by atoms with Crippen molar-refractivity contribution in [2.45, 2.75) is 19.4 Å². The van der Waals surface area contributed by atoms with Crippen molar-refractivity contribution < 1.29 is 19.5 Å². The Kier molecular flexibility index (Phi) is 6.51. The summed E-state index contributed by atoms with van der Waals surface area (Å²) in [5.74, 6) is -0.0649. The highest BCUT2D eigenvalue weighted by Gasteiger charge is 2.12. The molecule has 6 heteroatoms. The topological polar surface area (TPSA) is 83.9 Å². The first-order chi connectivity index (χ1) is 15.6. The van der Waals surface area contributed by atoms with E-state index < -0.39 is 5.97 Å². The molecule has 0 spiro atoms. The summed E-state index contributed by atoms with van der Waals surface area (Å²) in [4.78, 5) is 19.2. The zero-order valence-electron chi connectivity index (χ0n) is 17.7. The van der Waals surface area contributed by atoms with Gasteiger partial charge in [-0.15, -0.1) is 0 Å². The third-order valence-electron chi connectivity index (χ3n) is 5.12. The Morgan fingerprint density at radius 1 is 0.969 bits per heavy atom. The van der Waals surface area contributed by atoms with Crippen LogP contribution in [0.4, 0.5) is 0 Å². The third-order valence-corrected chi connectivity index (χ3v) is 5.12. The summed E-state index contributed by atoms with van der Waals surface area (Å²) in [6.45, 7) is 0.398. The number of aromatic amines is 1. The molecule has 0 fully saturated rings. The Balaban J connectivity index is 1.48. The lowest BCUT2D eigenvalue weighted by atomic mass is 10.0. The summed E-state index contributed by atoms with van der Waals surface area (Å²) >= 11 is 0. The Morgan fingerprint density at radius 3 is 2.53 bits per heavy atom. The number of para-hydroxylation sites is 1. The number of hydrogen-bond donors (Lipinski definition) is 2. The molecular weight excluding hydrogens is 404 g/mol. The fourth-order valence-electron chi connectivity index (χ4n) is 3.53. The Morgan fingerprint density at radius 2 is 1.78 bits per heavy atom. The second-order valence-electron chi connectivity index (χ2n) is 7.42. The largest absolute Gasteiger partial charge is 0.489 e. The minimum Gasteiger partial charge on any atom is -0.489 e. The fraction of sp³-hybridized carbons (Fsp3) is 0.154. The number of nitrogens with one attached hydrogen (secondary N) is 1. The average molecular weight is 428 g/mol. The maximum Gasteiger partial charge on any atom is 0.303 e. The van der Waals surface area contributed by atoms with E-state index in [9.17, 15) is 4.79 Å². The van der Waals surface area contributed by atoms with Crippen molar-refractivity contribution in [3.8, 4) is 5.75 Å². The van der Waals surface area contributed by atoms with E-state index in [1.807, 2.05) is 66.7 Å². The molecule has 1 heterocycles. The number of fused-ring (bicyclic) bond motifs is 1. The van der Waals surface area contributed by atoms with E-state index >= 15 is 0 Å². The summed E-state index contributed by atoms with van der Waals surface area (Å²) in [6.07, 6.45) is 0.627. The van der Waals surface area contributed by atoms with E-state index in [0.29, 0.717) is 18.7 Å². The summed E-state index contributed by atoms with van der Waals surface area (Å²) < 4.78 is 5.93. The van der Waals surface area contributed by atoms with Gasteiger partial charge in [0.2, 0.25) is 0 Å². The molecule has 0 aliphatic heterocycles. The van der Waals surface area contributed by atoms with E-state index in [-0.39, 0.29) is 6.42 Å². The van der Waals surface area contributed by atoms with Gasteiger partial charge in [-0.3, -0.25) is 4.79 Å². The molecule has 1 aromatic heterocycles. The number of H-pyrrole nitrogens is 1. The van der Waals surface area contributed by atoms with Crippen molar-refractivity contribution in [3.63, 3.8) is 0 Å². The second-order valence-corrected chi connectivity index (χ2v) is 7.42. The smallest absolute Gasteiger partial charge is 0.303 e. The van der Waals surface area contributed by atoms with Crippen LogP contribution >= 0.6 is 0 Å². The number of nitrogens with zero attached hydrogens (tertiary/aromatic N) is 1. The van der Waals surface area contributed by atoms with Crippen molar-refractivity contribution in [2.75, 3.05) is 7.11 Å². The van der Waals surface area contributed by atoms with Gasteiger partial charge in [0.25, 0.3) is 0 Å². The summed E-state index contributed by atoms with van der Waals surface area (Å²) in [5, 5.41) is 14.2. The second kappa shape index (κ2) is 9.83. The zero-order chi connectivity index (χ0) is 22.3. The predicted octanol–water partition coefficient (Wildman–Crippen LogP) is 5.16. The van der Waals surface area contributed by atoms with Crippen LogP contribution < -0.4 is 4.74 Å². The Labute approximate surface area is 186 Å². The minimum absolute atomic E-state index is 0.120. The molecular formula is C26H24N2O4. The summed E-state index contributed by atoms with van der Waals surface area (Å²) in [7, 11) is 1.54. The van der Waals surface area contributed by atoms with Crippen molar-refractivity contribution in [1.29, 1.82) is 0 Å². The maximum atomic E-state index is 10.7. The monoisotopic (exact) mass is 428 g/mol. The Bertz CT molecular complexity index is 1210. The third kappa shape index (κ3) is 5.16. The van der Waals surface area contributed by atoms with Crippen LogP contribution in [0.25, 0.3) is 10.9 Å². The lowest BCUT2D eigenvalue weighted by Crippen LogP contribution is -2.06. The number of aryl methyl sites for hydroxylation is 1. The first-order valence-corrected chi connectivity index (χ1v) is 10.3. The normalized spacial score (nSPS) is 11.5. The van der Waals surface area contributed by atoms with Crippen LogP contribution in [0.1, 0.15) is 28.8 Å². The zero-order valence-corrected chi connectivity index (χ0v) is 17.7. The number of rotatable bonds is 9. The number of carboxylic acid groups (broad SMARTS) is 1. The van der Waals surface area contributed by atoms with Crippen LogP contribution in [0, 0.1) is 0 Å². The van der Waals surface area contributed by atoms with Crippen molar-refractivity contribution in [2.24, 2.45) is 5.16 Å². The van der Waals surface area contributed by atoms with E-state index in [2.05, 4.69) is 22.3 Å². The number of oxime groups is 1. The van der Waals surface area contributed by atoms with Gasteiger partial charge >= 0.3 is 5.97 Å². The van der Waals surface area contributed by atoms with Crippen LogP contribution in [-0.4, -0.2) is 28.9 Å². The molecule has 0 aliphatic carbocycles. The molecule has 2 N–H and O–H groups in total. The molecule has 0 unspecified atom stereocenters. The number of ether oxygens (including phenoxy) is 1. The first-order valence-electron chi connectivity index (χ1n) is 10.3. The maximum absolute atomic E-state index is 10.7. The average Bonchev–Trinajstić information content (AvgIpc) is 3.24. The number of hydrogen-bond acceptors (Lipinski definition) is 4. The lowest BCUT2D eigenvalue weighted by Gasteiger charge is -2.10. The number of aliphatic carboxylic acids is 1. The molecule has 0 saturated heterocycles. The highest BCUT2D eigenvalue weighted by atomic mass is 16.6. The molecule has 0 atom stereocenters. The number of benzene rings is 3. The molecule has 0 aliphatic rings. The number of carboxylic acids is 1. The van der Waals surface area contributed by atoms with Crippen molar-refractivity contribution in [1.82, 2.24) is 4.98 Å². The highest BCUT2D eigenvalue weighted by molar-refractivity contribution is 6.13. The van der Waals surface area contributed by atoms with E-state index in [1.165, 1.54) is 7.11 Å².